The maximum absolute atomic E-state index is 13.4. The molecule has 5 rings (SSSR count). The van der Waals surface area contributed by atoms with Gasteiger partial charge in [-0.1, -0.05) is 24.3 Å². The Bertz CT molecular complexity index is 1400. The van der Waals surface area contributed by atoms with Gasteiger partial charge in [0.15, 0.2) is 17.7 Å². The number of hydrogen-bond donors (Lipinski definition) is 0. The van der Waals surface area contributed by atoms with E-state index >= 15 is 0 Å². The number of esters is 1. The Morgan fingerprint density at radius 3 is 2.35 bits per heavy atom. The highest BCUT2D eigenvalue weighted by atomic mass is 16.6. The SMILES string of the molecule is CC1=C2C(=O)c3cc4ccccc4cc3C(=O)C2CC(C(=O)OCc2ccc([N+](=O)[O-])cc2)O1. The van der Waals surface area contributed by atoms with Gasteiger partial charge < -0.3 is 9.47 Å². The summed E-state index contributed by atoms with van der Waals surface area (Å²) in [7, 11) is 0. The van der Waals surface area contributed by atoms with Gasteiger partial charge in [0.25, 0.3) is 5.69 Å². The number of carbonyl (C=O) groups excluding carboxylic acids is 3. The van der Waals surface area contributed by atoms with Crippen molar-refractivity contribution in [2.45, 2.75) is 26.1 Å². The molecule has 0 bridgehead atoms. The number of hydrogen-bond acceptors (Lipinski definition) is 7. The van der Waals surface area contributed by atoms with Crippen LogP contribution in [0.4, 0.5) is 5.69 Å². The Balaban J connectivity index is 1.37. The zero-order chi connectivity index (χ0) is 24.0. The molecule has 170 valence electrons. The van der Waals surface area contributed by atoms with Crippen molar-refractivity contribution in [3.05, 3.63) is 98.8 Å². The van der Waals surface area contributed by atoms with Crippen LogP contribution in [0.2, 0.25) is 0 Å². The second-order valence-electron chi connectivity index (χ2n) is 8.33. The molecule has 0 saturated carbocycles. The number of ether oxygens (including phenoxy) is 2. The summed E-state index contributed by atoms with van der Waals surface area (Å²) in [6.45, 7) is 1.48. The van der Waals surface area contributed by atoms with Crippen LogP contribution in [0.25, 0.3) is 10.8 Å². The number of carbonyl (C=O) groups is 3. The van der Waals surface area contributed by atoms with E-state index < -0.39 is 22.9 Å². The lowest BCUT2D eigenvalue weighted by atomic mass is 9.73. The molecule has 0 radical (unpaired) electrons. The molecule has 2 unspecified atom stereocenters. The second kappa shape index (κ2) is 8.22. The van der Waals surface area contributed by atoms with Crippen LogP contribution < -0.4 is 0 Å². The minimum Gasteiger partial charge on any atom is -0.483 e. The summed E-state index contributed by atoms with van der Waals surface area (Å²) < 4.78 is 11.1. The van der Waals surface area contributed by atoms with Crippen molar-refractivity contribution in [1.29, 1.82) is 0 Å². The second-order valence-corrected chi connectivity index (χ2v) is 8.33. The highest BCUT2D eigenvalue weighted by Crippen LogP contribution is 2.40. The topological polar surface area (TPSA) is 113 Å². The van der Waals surface area contributed by atoms with Crippen molar-refractivity contribution in [2.75, 3.05) is 0 Å². The van der Waals surface area contributed by atoms with Gasteiger partial charge in [0.2, 0.25) is 0 Å². The number of nitrogens with zero attached hydrogens (tertiary/aromatic N) is 1. The van der Waals surface area contributed by atoms with Crippen molar-refractivity contribution >= 4 is 34.0 Å². The van der Waals surface area contributed by atoms with Gasteiger partial charge >= 0.3 is 5.97 Å². The number of fused-ring (bicyclic) bond motifs is 3. The number of benzene rings is 3. The Morgan fingerprint density at radius 2 is 1.71 bits per heavy atom. The Kier molecular flexibility index (Phi) is 5.20. The summed E-state index contributed by atoms with van der Waals surface area (Å²) in [4.78, 5) is 49.6. The van der Waals surface area contributed by atoms with E-state index in [1.165, 1.54) is 24.3 Å². The summed E-state index contributed by atoms with van der Waals surface area (Å²) in [5.41, 5.74) is 1.49. The fraction of sp³-hybridized carbons (Fsp3) is 0.192. The van der Waals surface area contributed by atoms with Crippen LogP contribution >= 0.6 is 0 Å². The Morgan fingerprint density at radius 1 is 1.06 bits per heavy atom. The molecule has 1 heterocycles. The molecular weight excluding hydrogens is 438 g/mol. The molecule has 8 nitrogen and oxygen atoms in total. The van der Waals surface area contributed by atoms with Gasteiger partial charge in [-0.25, -0.2) is 4.79 Å². The minimum atomic E-state index is -1.04. The van der Waals surface area contributed by atoms with Crippen molar-refractivity contribution in [1.82, 2.24) is 0 Å². The number of Topliss-reactive ketones (excluding diaryl/α,β-unsaturated/α-hetero) is 2. The molecule has 0 N–H and O–H groups in total. The first-order valence-corrected chi connectivity index (χ1v) is 10.7. The lowest BCUT2D eigenvalue weighted by molar-refractivity contribution is -0.384. The molecule has 3 aromatic carbocycles. The van der Waals surface area contributed by atoms with E-state index in [1.54, 1.807) is 19.1 Å². The molecule has 2 aliphatic rings. The molecule has 0 aromatic heterocycles. The van der Waals surface area contributed by atoms with E-state index in [9.17, 15) is 24.5 Å². The number of nitro groups is 1. The maximum Gasteiger partial charge on any atom is 0.347 e. The van der Waals surface area contributed by atoms with Crippen LogP contribution in [0.3, 0.4) is 0 Å². The summed E-state index contributed by atoms with van der Waals surface area (Å²) in [5, 5.41) is 12.5. The highest BCUT2D eigenvalue weighted by Gasteiger charge is 2.45. The van der Waals surface area contributed by atoms with E-state index in [0.717, 1.165) is 10.8 Å². The van der Waals surface area contributed by atoms with Crippen LogP contribution in [-0.2, 0) is 20.9 Å². The summed E-state index contributed by atoms with van der Waals surface area (Å²) in [6, 6.07) is 16.6. The van der Waals surface area contributed by atoms with E-state index in [-0.39, 0.29) is 41.6 Å². The van der Waals surface area contributed by atoms with Crippen LogP contribution in [0.5, 0.6) is 0 Å². The normalized spacial score (nSPS) is 19.3. The van der Waals surface area contributed by atoms with Crippen molar-refractivity contribution in [3.63, 3.8) is 0 Å². The smallest absolute Gasteiger partial charge is 0.347 e. The predicted molar refractivity (Wildman–Crippen MR) is 121 cm³/mol. The maximum atomic E-state index is 13.4. The third-order valence-corrected chi connectivity index (χ3v) is 6.24. The molecule has 1 aliphatic heterocycles. The molecule has 0 fully saturated rings. The number of nitro benzene ring substituents is 1. The fourth-order valence-electron chi connectivity index (χ4n) is 4.53. The third kappa shape index (κ3) is 3.63. The monoisotopic (exact) mass is 457 g/mol. The van der Waals surface area contributed by atoms with Gasteiger partial charge in [0.05, 0.1) is 10.8 Å². The van der Waals surface area contributed by atoms with E-state index in [2.05, 4.69) is 0 Å². The largest absolute Gasteiger partial charge is 0.483 e. The number of non-ortho nitro benzene ring substituents is 1. The lowest BCUT2D eigenvalue weighted by Crippen LogP contribution is -2.40. The lowest BCUT2D eigenvalue weighted by Gasteiger charge is -2.34. The number of allylic oxidation sites excluding steroid dienone is 2. The van der Waals surface area contributed by atoms with E-state index in [0.29, 0.717) is 16.7 Å². The van der Waals surface area contributed by atoms with Gasteiger partial charge in [0.1, 0.15) is 12.4 Å². The molecule has 0 amide bonds. The van der Waals surface area contributed by atoms with Crippen LogP contribution in [0.1, 0.15) is 39.6 Å². The van der Waals surface area contributed by atoms with Gasteiger partial charge in [-0.3, -0.25) is 19.7 Å². The van der Waals surface area contributed by atoms with Crippen LogP contribution in [0.15, 0.2) is 72.0 Å². The van der Waals surface area contributed by atoms with Crippen molar-refractivity contribution in [3.8, 4) is 0 Å². The first-order chi connectivity index (χ1) is 16.3. The summed E-state index contributed by atoms with van der Waals surface area (Å²) >= 11 is 0. The third-order valence-electron chi connectivity index (χ3n) is 6.24. The van der Waals surface area contributed by atoms with E-state index in [1.807, 2.05) is 24.3 Å². The molecule has 0 saturated heterocycles. The van der Waals surface area contributed by atoms with Crippen molar-refractivity contribution < 1.29 is 28.8 Å². The van der Waals surface area contributed by atoms with Gasteiger partial charge in [-0.2, -0.15) is 0 Å². The highest BCUT2D eigenvalue weighted by molar-refractivity contribution is 6.25. The van der Waals surface area contributed by atoms with Gasteiger partial charge in [-0.15, -0.1) is 0 Å². The Labute approximate surface area is 193 Å². The fourth-order valence-corrected chi connectivity index (χ4v) is 4.53. The first kappa shape index (κ1) is 21.5. The molecule has 0 spiro atoms. The van der Waals surface area contributed by atoms with Crippen LogP contribution in [0, 0.1) is 16.0 Å². The molecular formula is C26H19NO7. The molecule has 8 heteroatoms. The molecule has 34 heavy (non-hydrogen) atoms. The Hall–Kier alpha value is -4.33. The van der Waals surface area contributed by atoms with Gasteiger partial charge in [0, 0.05) is 35.3 Å². The van der Waals surface area contributed by atoms with Gasteiger partial charge in [-0.05, 0) is 47.5 Å². The minimum absolute atomic E-state index is 0.00259. The van der Waals surface area contributed by atoms with E-state index in [4.69, 9.17) is 9.47 Å². The average molecular weight is 457 g/mol. The number of ketones is 2. The molecule has 2 atom stereocenters. The zero-order valence-corrected chi connectivity index (χ0v) is 18.1. The zero-order valence-electron chi connectivity index (χ0n) is 18.1. The molecule has 3 aromatic rings. The molecule has 1 aliphatic carbocycles. The quantitative estimate of drug-likeness (QED) is 0.321. The first-order valence-electron chi connectivity index (χ1n) is 10.7. The summed E-state index contributed by atoms with van der Waals surface area (Å²) in [6.07, 6.45) is -1.03. The predicted octanol–water partition coefficient (Wildman–Crippen LogP) is 4.55. The summed E-state index contributed by atoms with van der Waals surface area (Å²) in [5.74, 6) is -1.69. The average Bonchev–Trinajstić information content (AvgIpc) is 2.84. The van der Waals surface area contributed by atoms with Crippen molar-refractivity contribution in [2.24, 2.45) is 5.92 Å². The standard InChI is InChI=1S/C26H19NO7/c1-14-23-21(24(28)19-10-16-4-2-3-5-17(16)11-20(19)25(23)29)12-22(34-14)26(30)33-13-15-6-8-18(9-7-15)27(31)32/h2-11,21-22H,12-13H2,1H3. The number of rotatable bonds is 4. The van der Waals surface area contributed by atoms with Crippen LogP contribution in [-0.4, -0.2) is 28.6 Å².